The molecule has 6 aromatic carbocycles. The lowest BCUT2D eigenvalue weighted by molar-refractivity contribution is -0.157. The summed E-state index contributed by atoms with van der Waals surface area (Å²) in [6, 6.07) is 28.0. The molecule has 2 aliphatic rings. The number of carbonyl (C=O) groups is 12. The maximum atomic E-state index is 15.6. The third kappa shape index (κ3) is 28.3. The van der Waals surface area contributed by atoms with Gasteiger partial charge in [-0.25, -0.2) is 33.3 Å². The van der Waals surface area contributed by atoms with Crippen LogP contribution in [0.25, 0.3) is 21.5 Å². The Kier molecular flexibility index (Phi) is 33.2. The molecule has 36 nitrogen and oxygen atoms in total. The zero-order chi connectivity index (χ0) is 98.2. The summed E-state index contributed by atoms with van der Waals surface area (Å²) in [6.45, 7) is 31.6. The van der Waals surface area contributed by atoms with Crippen LogP contribution in [0.15, 0.2) is 159 Å². The van der Waals surface area contributed by atoms with Crippen LogP contribution in [-0.4, -0.2) is 237 Å². The average Bonchev–Trinajstić information content (AvgIpc) is 1.63. The van der Waals surface area contributed by atoms with Crippen molar-refractivity contribution in [1.29, 1.82) is 5.26 Å². The fourth-order valence-corrected chi connectivity index (χ4v) is 15.3. The minimum absolute atomic E-state index is 0.0223. The maximum Gasteiger partial charge on any atom is 0.410 e. The molecule has 10 amide bonds. The van der Waals surface area contributed by atoms with Crippen molar-refractivity contribution in [3.63, 3.8) is 0 Å². The Morgan fingerprint density at radius 3 is 1.28 bits per heavy atom. The molecule has 7 N–H and O–H groups in total. The Morgan fingerprint density at radius 1 is 0.493 bits per heavy atom. The van der Waals surface area contributed by atoms with Crippen molar-refractivity contribution < 1.29 is 91.1 Å². The lowest BCUT2D eigenvalue weighted by Crippen LogP contribution is -2.61. The van der Waals surface area contributed by atoms with Gasteiger partial charge in [0.25, 0.3) is 0 Å². The Labute approximate surface area is 780 Å². The van der Waals surface area contributed by atoms with Gasteiger partial charge in [-0.1, -0.05) is 174 Å². The molecule has 2 aromatic heterocycles. The topological polar surface area (TPSA) is 451 Å². The number of nitriles is 1. The van der Waals surface area contributed by atoms with Crippen LogP contribution in [0.1, 0.15) is 176 Å². The Bertz CT molecular complexity index is 5620. The SMILES string of the molecule is C=CCOC(=O)N[C@@H](Cc1ccc(OCc2cn([C@H]3C[C@@H](C(=O)N[C@@H](Cc4ccc5ccccc5c4)C(=O)N[C@H](C#N)Cc4ccc(OCc5cn([C@H]6C[C@@H](C(=O)NC(Cc7ccc8ccccc8c7)C(=O)O)N(C(=O)[C@@H](NC(=O)[C@H](C)N(C)C(=O)OC(C)(C)C)C(C)(C)C)C6)nn5)cc4)N(C(=O)[C@@H](NC(=O)[C@H](C)N(C)C(=O)OC(C)(C)C)C(C)(C)C)C3)nn2)cc1)C(=O)OC(C)(C)C. The molecule has 1 unspecified atom stereocenters. The van der Waals surface area contributed by atoms with E-state index in [1.54, 1.807) is 171 Å². The van der Waals surface area contributed by atoms with Gasteiger partial charge in [0.2, 0.25) is 41.4 Å². The number of rotatable bonds is 35. The quantitative estimate of drug-likeness (QED) is 0.0110. The molecule has 716 valence electrons. The smallest absolute Gasteiger partial charge is 0.410 e. The van der Waals surface area contributed by atoms with Crippen molar-refractivity contribution in [2.24, 2.45) is 10.8 Å². The van der Waals surface area contributed by atoms with Crippen LogP contribution in [0.4, 0.5) is 14.4 Å². The van der Waals surface area contributed by atoms with Gasteiger partial charge in [0.15, 0.2) is 0 Å². The molecule has 8 aromatic rings. The molecule has 0 bridgehead atoms. The number of benzene rings is 6. The number of carbonyl (C=O) groups excluding carboxylic acids is 11. The largest absolute Gasteiger partial charge is 0.487 e. The second-order valence-corrected chi connectivity index (χ2v) is 39.1. The van der Waals surface area contributed by atoms with Crippen LogP contribution in [0.2, 0.25) is 0 Å². The summed E-state index contributed by atoms with van der Waals surface area (Å²) in [5, 5.41) is 59.4. The van der Waals surface area contributed by atoms with Gasteiger partial charge in [-0.3, -0.25) is 43.4 Å². The van der Waals surface area contributed by atoms with Crippen LogP contribution in [0.5, 0.6) is 11.5 Å². The molecule has 2 saturated heterocycles. The molecule has 0 radical (unpaired) electrons. The van der Waals surface area contributed by atoms with Crippen molar-refractivity contribution >= 4 is 93.1 Å². The number of hydrogen-bond acceptors (Lipinski definition) is 23. The van der Waals surface area contributed by atoms with Crippen molar-refractivity contribution in [2.75, 3.05) is 33.8 Å². The highest BCUT2D eigenvalue weighted by Crippen LogP contribution is 2.35. The van der Waals surface area contributed by atoms with E-state index in [4.69, 9.17) is 28.4 Å². The van der Waals surface area contributed by atoms with Gasteiger partial charge in [0, 0.05) is 65.7 Å². The number of alkyl carbamates (subject to hydrolysis) is 1. The summed E-state index contributed by atoms with van der Waals surface area (Å²) in [5.41, 5.74) is -1.40. The molecule has 36 heteroatoms. The Balaban J connectivity index is 0.850. The molecule has 0 saturated carbocycles. The van der Waals surface area contributed by atoms with E-state index in [9.17, 15) is 48.7 Å². The van der Waals surface area contributed by atoms with E-state index in [1.165, 1.54) is 53.2 Å². The molecule has 2 aliphatic heterocycles. The lowest BCUT2D eigenvalue weighted by Gasteiger charge is -2.37. The van der Waals surface area contributed by atoms with Gasteiger partial charge < -0.3 is 75.2 Å². The van der Waals surface area contributed by atoms with Crippen molar-refractivity contribution in [3.8, 4) is 17.6 Å². The Hall–Kier alpha value is -14.0. The summed E-state index contributed by atoms with van der Waals surface area (Å²) in [7, 11) is 2.80. The second kappa shape index (κ2) is 43.6. The standard InChI is InChI=1S/C98H125N17O19/c1-21-42-129-91(126)103-77(90(125)132-96(10,11)12)46-61-34-40-74(41-35-61)131-57-70-52-114(108-107-70)71-49-78(112(54-71)87(121)80(94(4,5)6)104-82(116)58(2)110(19)92(127)133-97(13,14)15)85(119)101-75(47-62-30-36-64-26-22-24-28-66(64)43-62)84(118)100-68(51-99)45-60-32-38-73(39-33-60)130-56-69-53-115(109-106-69)72-50-79(86(120)102-76(89(123)124)48-63-31-37-65-27-23-25-29-67(65)44-63)113(55-72)88(122)81(95(7,8)9)105-83(117)59(3)111(20)93(128)134-98(16,17)18/h21-41,43-44,52-53,58-59,68,71-72,75-81H,1,42,45-50,54-57H2,2-20H3,(H,100,118)(H,101,119)(H,102,120)(H,103,126)(H,104,116)(H,105,117)(H,123,124)/t58-,59-,68-,71-,72-,75-,76?,77-,78-,79-,80+,81+/m0/s1. The van der Waals surface area contributed by atoms with Gasteiger partial charge in [-0.2, -0.15) is 5.26 Å². The second-order valence-electron chi connectivity index (χ2n) is 39.1. The molecule has 0 aliphatic carbocycles. The van der Waals surface area contributed by atoms with E-state index < -0.39 is 172 Å². The number of nitrogens with one attached hydrogen (secondary N) is 6. The van der Waals surface area contributed by atoms with E-state index in [2.05, 4.69) is 65.2 Å². The van der Waals surface area contributed by atoms with E-state index in [-0.39, 0.29) is 71.4 Å². The van der Waals surface area contributed by atoms with E-state index >= 15 is 19.2 Å². The van der Waals surface area contributed by atoms with E-state index in [1.807, 2.05) is 78.9 Å². The molecule has 10 rings (SSSR count). The van der Waals surface area contributed by atoms with Crippen molar-refractivity contribution in [1.82, 2.24) is 81.5 Å². The van der Waals surface area contributed by atoms with Crippen LogP contribution in [0, 0.1) is 22.2 Å². The normalized spacial score (nSPS) is 17.0. The molecule has 4 heterocycles. The van der Waals surface area contributed by atoms with Crippen molar-refractivity contribution in [2.45, 2.75) is 259 Å². The van der Waals surface area contributed by atoms with Crippen LogP contribution >= 0.6 is 0 Å². The first kappa shape index (κ1) is 102. The molecular formula is C98H125N17O19. The van der Waals surface area contributed by atoms with Crippen LogP contribution in [0.3, 0.4) is 0 Å². The number of esters is 1. The summed E-state index contributed by atoms with van der Waals surface area (Å²) >= 11 is 0. The minimum atomic E-state index is -1.42. The third-order valence-corrected chi connectivity index (χ3v) is 22.7. The molecular weight excluding hydrogens is 1720 g/mol. The summed E-state index contributed by atoms with van der Waals surface area (Å²) < 4.78 is 37.1. The van der Waals surface area contributed by atoms with Crippen LogP contribution in [-0.2, 0) is 101 Å². The fourth-order valence-electron chi connectivity index (χ4n) is 15.3. The number of aromatic nitrogens is 6. The van der Waals surface area contributed by atoms with Crippen molar-refractivity contribution in [3.05, 3.63) is 192 Å². The van der Waals surface area contributed by atoms with Gasteiger partial charge >= 0.3 is 30.2 Å². The van der Waals surface area contributed by atoms with Gasteiger partial charge in [0.05, 0.1) is 30.5 Å². The maximum absolute atomic E-state index is 15.6. The number of hydrogen-bond donors (Lipinski definition) is 7. The lowest BCUT2D eigenvalue weighted by atomic mass is 9.85. The van der Waals surface area contributed by atoms with E-state index in [0.29, 0.717) is 45.1 Å². The number of ether oxygens (including phenoxy) is 6. The predicted octanol–water partition coefficient (Wildman–Crippen LogP) is 10.1. The third-order valence-electron chi connectivity index (χ3n) is 22.7. The molecule has 134 heavy (non-hydrogen) atoms. The Morgan fingerprint density at radius 2 is 0.881 bits per heavy atom. The zero-order valence-corrected chi connectivity index (χ0v) is 79.6. The molecule has 12 atom stereocenters. The highest BCUT2D eigenvalue weighted by Gasteiger charge is 2.50. The zero-order valence-electron chi connectivity index (χ0n) is 79.6. The predicted molar refractivity (Wildman–Crippen MR) is 496 cm³/mol. The van der Waals surface area contributed by atoms with Gasteiger partial charge in [-0.05, 0) is 155 Å². The number of fused-ring (bicyclic) bond motifs is 2. The number of carboxylic acid groups (broad SMARTS) is 1. The van der Waals surface area contributed by atoms with Gasteiger partial charge in [0.1, 0.15) is 120 Å². The summed E-state index contributed by atoms with van der Waals surface area (Å²) in [4.78, 5) is 175. The summed E-state index contributed by atoms with van der Waals surface area (Å²) in [5.74, 6) is -6.13. The highest BCUT2D eigenvalue weighted by molar-refractivity contribution is 5.98. The number of likely N-dealkylation sites (tertiary alicyclic amines) is 2. The first-order chi connectivity index (χ1) is 62.9. The number of nitrogens with zero attached hydrogens (tertiary/aromatic N) is 11. The number of carboxylic acids is 1. The monoisotopic (exact) mass is 1840 g/mol. The average molecular weight is 1850 g/mol. The van der Waals surface area contributed by atoms with Gasteiger partial charge in [-0.15, -0.1) is 10.2 Å². The number of aliphatic carboxylic acids is 1. The first-order valence-electron chi connectivity index (χ1n) is 44.6. The molecule has 2 fully saturated rings. The number of likely N-dealkylation sites (N-methyl/N-ethyl adjacent to an activating group) is 2. The molecule has 0 spiro atoms. The minimum Gasteiger partial charge on any atom is -0.487 e. The number of amides is 10. The van der Waals surface area contributed by atoms with Crippen LogP contribution < -0.4 is 41.4 Å². The highest BCUT2D eigenvalue weighted by atomic mass is 16.6. The van der Waals surface area contributed by atoms with E-state index in [0.717, 1.165) is 31.3 Å². The first-order valence-corrected chi connectivity index (χ1v) is 44.6. The summed E-state index contributed by atoms with van der Waals surface area (Å²) in [6.07, 6.45) is 1.95. The fraction of sp³-hybridized carbons (Fsp3) is 0.480.